The van der Waals surface area contributed by atoms with Gasteiger partial charge in [-0.2, -0.15) is 4.39 Å². The topological polar surface area (TPSA) is 80.5 Å². The Morgan fingerprint density at radius 1 is 1.24 bits per heavy atom. The lowest BCUT2D eigenvalue weighted by molar-refractivity contribution is -0.387. The van der Waals surface area contributed by atoms with Crippen LogP contribution < -0.4 is 0 Å². The number of halogens is 2. The molecule has 1 aromatic rings. The summed E-state index contributed by atoms with van der Waals surface area (Å²) in [5, 5.41) is 10.4. The summed E-state index contributed by atoms with van der Waals surface area (Å²) in [6.45, 7) is 0. The van der Waals surface area contributed by atoms with Crippen molar-refractivity contribution in [2.45, 2.75) is 4.90 Å². The van der Waals surface area contributed by atoms with Crippen molar-refractivity contribution in [2.24, 2.45) is 0 Å². The van der Waals surface area contributed by atoms with Crippen molar-refractivity contribution in [2.75, 3.05) is 14.1 Å². The molecule has 0 bridgehead atoms. The number of benzene rings is 1. The number of nitro groups is 1. The van der Waals surface area contributed by atoms with Gasteiger partial charge < -0.3 is 0 Å². The maximum Gasteiger partial charge on any atom is 0.306 e. The predicted octanol–water partition coefficient (Wildman–Crippen LogP) is 1.12. The Morgan fingerprint density at radius 2 is 1.76 bits per heavy atom. The van der Waals surface area contributed by atoms with E-state index >= 15 is 0 Å². The molecule has 9 heteroatoms. The van der Waals surface area contributed by atoms with Crippen molar-refractivity contribution in [3.63, 3.8) is 0 Å². The number of nitro benzene ring substituents is 1. The Balaban J connectivity index is 3.57. The fourth-order valence-corrected chi connectivity index (χ4v) is 2.01. The van der Waals surface area contributed by atoms with Gasteiger partial charge in [0.15, 0.2) is 0 Å². The Morgan fingerprint density at radius 3 is 2.18 bits per heavy atom. The lowest BCUT2D eigenvalue weighted by atomic mass is 10.3. The standard InChI is InChI=1S/C8H8F2N2O4S/c1-11(2)17(15,16)8-4-7(12(13)14)5(9)3-6(8)10/h3-4H,1-2H3. The third kappa shape index (κ3) is 2.39. The van der Waals surface area contributed by atoms with E-state index in [-0.39, 0.29) is 6.07 Å². The molecule has 0 amide bonds. The molecule has 0 atom stereocenters. The highest BCUT2D eigenvalue weighted by Crippen LogP contribution is 2.25. The van der Waals surface area contributed by atoms with Gasteiger partial charge in [-0.05, 0) is 0 Å². The van der Waals surface area contributed by atoms with Crippen molar-refractivity contribution in [1.82, 2.24) is 4.31 Å². The lowest BCUT2D eigenvalue weighted by Gasteiger charge is -2.11. The van der Waals surface area contributed by atoms with Gasteiger partial charge in [0.1, 0.15) is 10.7 Å². The number of rotatable bonds is 3. The molecule has 0 saturated carbocycles. The molecular weight excluding hydrogens is 258 g/mol. The smallest absolute Gasteiger partial charge is 0.258 e. The van der Waals surface area contributed by atoms with E-state index in [1.165, 1.54) is 0 Å². The molecule has 1 aromatic carbocycles. The van der Waals surface area contributed by atoms with Gasteiger partial charge >= 0.3 is 5.69 Å². The Labute approximate surface area is 95.7 Å². The third-order valence-corrected chi connectivity index (χ3v) is 3.79. The van der Waals surface area contributed by atoms with Crippen molar-refractivity contribution in [1.29, 1.82) is 0 Å². The summed E-state index contributed by atoms with van der Waals surface area (Å²) in [5.41, 5.74) is -1.09. The van der Waals surface area contributed by atoms with E-state index in [0.29, 0.717) is 10.4 Å². The van der Waals surface area contributed by atoms with E-state index in [0.717, 1.165) is 14.1 Å². The molecule has 1 rings (SSSR count). The van der Waals surface area contributed by atoms with Crippen molar-refractivity contribution in [3.05, 3.63) is 33.9 Å². The minimum absolute atomic E-state index is 0.175. The Kier molecular flexibility index (Phi) is 3.43. The Hall–Kier alpha value is -1.61. The van der Waals surface area contributed by atoms with Crippen LogP contribution in [0.15, 0.2) is 17.0 Å². The van der Waals surface area contributed by atoms with Crippen molar-refractivity contribution < 1.29 is 22.1 Å². The monoisotopic (exact) mass is 266 g/mol. The van der Waals surface area contributed by atoms with Crippen LogP contribution in [0.2, 0.25) is 0 Å². The quantitative estimate of drug-likeness (QED) is 0.606. The molecule has 0 aromatic heterocycles. The van der Waals surface area contributed by atoms with E-state index in [4.69, 9.17) is 0 Å². The zero-order valence-electron chi connectivity index (χ0n) is 8.85. The van der Waals surface area contributed by atoms with Crippen LogP contribution in [0.3, 0.4) is 0 Å². The summed E-state index contributed by atoms with van der Waals surface area (Å²) >= 11 is 0. The van der Waals surface area contributed by atoms with Gasteiger partial charge in [0.2, 0.25) is 15.8 Å². The van der Waals surface area contributed by atoms with Crippen molar-refractivity contribution in [3.8, 4) is 0 Å². The van der Waals surface area contributed by atoms with E-state index < -0.39 is 37.2 Å². The van der Waals surface area contributed by atoms with E-state index in [1.807, 2.05) is 0 Å². The summed E-state index contributed by atoms with van der Waals surface area (Å²) < 4.78 is 50.1. The second-order valence-electron chi connectivity index (χ2n) is 3.28. The second-order valence-corrected chi connectivity index (χ2v) is 5.40. The molecule has 0 aliphatic carbocycles. The van der Waals surface area contributed by atoms with E-state index in [9.17, 15) is 27.3 Å². The highest BCUT2D eigenvalue weighted by molar-refractivity contribution is 7.89. The van der Waals surface area contributed by atoms with Crippen LogP contribution in [-0.4, -0.2) is 31.7 Å². The largest absolute Gasteiger partial charge is 0.306 e. The molecule has 0 unspecified atom stereocenters. The highest BCUT2D eigenvalue weighted by atomic mass is 32.2. The van der Waals surface area contributed by atoms with E-state index in [1.54, 1.807) is 0 Å². The van der Waals surface area contributed by atoms with Gasteiger partial charge in [-0.15, -0.1) is 0 Å². The van der Waals surface area contributed by atoms with E-state index in [2.05, 4.69) is 0 Å². The summed E-state index contributed by atoms with van der Waals surface area (Å²) in [5.74, 6) is -2.80. The zero-order valence-corrected chi connectivity index (χ0v) is 9.66. The van der Waals surface area contributed by atoms with Crippen LogP contribution in [0.4, 0.5) is 14.5 Å². The predicted molar refractivity (Wildman–Crippen MR) is 53.9 cm³/mol. The van der Waals surface area contributed by atoms with Crippen LogP contribution >= 0.6 is 0 Å². The van der Waals surface area contributed by atoms with Crippen LogP contribution in [0.25, 0.3) is 0 Å². The number of hydrogen-bond acceptors (Lipinski definition) is 4. The first-order chi connectivity index (χ1) is 7.67. The number of nitrogens with zero attached hydrogens (tertiary/aromatic N) is 2. The average molecular weight is 266 g/mol. The molecule has 0 N–H and O–H groups in total. The van der Waals surface area contributed by atoms with Gasteiger partial charge in [-0.3, -0.25) is 10.1 Å². The summed E-state index contributed by atoms with van der Waals surface area (Å²) in [7, 11) is -1.94. The highest BCUT2D eigenvalue weighted by Gasteiger charge is 2.27. The first kappa shape index (κ1) is 13.5. The number of sulfonamides is 1. The minimum atomic E-state index is -4.19. The molecule has 0 aliphatic heterocycles. The van der Waals surface area contributed by atoms with Crippen molar-refractivity contribution >= 4 is 15.7 Å². The molecule has 0 saturated heterocycles. The normalized spacial score (nSPS) is 11.8. The van der Waals surface area contributed by atoms with Crippen LogP contribution in [0, 0.1) is 21.7 Å². The van der Waals surface area contributed by atoms with Crippen LogP contribution in [0.5, 0.6) is 0 Å². The van der Waals surface area contributed by atoms with Crippen LogP contribution in [-0.2, 0) is 10.0 Å². The first-order valence-corrected chi connectivity index (χ1v) is 5.68. The number of hydrogen-bond donors (Lipinski definition) is 0. The van der Waals surface area contributed by atoms with Gasteiger partial charge in [0.05, 0.1) is 4.92 Å². The first-order valence-electron chi connectivity index (χ1n) is 4.24. The van der Waals surface area contributed by atoms with Crippen LogP contribution in [0.1, 0.15) is 0 Å². The molecular formula is C8H8F2N2O4S. The molecule has 17 heavy (non-hydrogen) atoms. The summed E-state index contributed by atoms with van der Waals surface area (Å²) in [6, 6.07) is 0.536. The fourth-order valence-electron chi connectivity index (χ4n) is 1.05. The van der Waals surface area contributed by atoms with Gasteiger partial charge in [-0.1, -0.05) is 0 Å². The zero-order chi connectivity index (χ0) is 13.4. The molecule has 0 spiro atoms. The minimum Gasteiger partial charge on any atom is -0.258 e. The van der Waals surface area contributed by atoms with Gasteiger partial charge in [0.25, 0.3) is 0 Å². The average Bonchev–Trinajstić information content (AvgIpc) is 2.15. The molecule has 0 radical (unpaired) electrons. The second kappa shape index (κ2) is 4.34. The summed E-state index contributed by atoms with van der Waals surface area (Å²) in [6.07, 6.45) is 0. The lowest BCUT2D eigenvalue weighted by Crippen LogP contribution is -2.23. The maximum atomic E-state index is 13.3. The van der Waals surface area contributed by atoms with Gasteiger partial charge in [-0.25, -0.2) is 17.1 Å². The molecule has 0 fully saturated rings. The fraction of sp³-hybridized carbons (Fsp3) is 0.250. The third-order valence-electron chi connectivity index (χ3n) is 1.96. The molecule has 0 aliphatic rings. The van der Waals surface area contributed by atoms with Gasteiger partial charge in [0, 0.05) is 26.2 Å². The SMILES string of the molecule is CN(C)S(=O)(=O)c1cc([N+](=O)[O-])c(F)cc1F. The maximum absolute atomic E-state index is 13.3. The molecule has 6 nitrogen and oxygen atoms in total. The summed E-state index contributed by atoms with van der Waals surface area (Å²) in [4.78, 5) is 8.36. The Bertz CT molecular complexity index is 571. The molecule has 0 heterocycles. The molecule has 94 valence electrons.